The fourth-order valence-electron chi connectivity index (χ4n) is 1.22. The minimum atomic E-state index is -3.55. The summed E-state index contributed by atoms with van der Waals surface area (Å²) in [6.45, 7) is 2.41. The van der Waals surface area contributed by atoms with Crippen LogP contribution in [0.1, 0.15) is 13.3 Å². The van der Waals surface area contributed by atoms with Crippen molar-refractivity contribution in [3.63, 3.8) is 0 Å². The summed E-state index contributed by atoms with van der Waals surface area (Å²) in [6.07, 6.45) is 0.735. The Kier molecular flexibility index (Phi) is 5.11. The van der Waals surface area contributed by atoms with Crippen LogP contribution in [-0.4, -0.2) is 46.1 Å². The maximum absolute atomic E-state index is 12.2. The standard InChI is InChI=1S/C8H14Br2N4O2S/c1-6(9)4-5-13(2)17(15,16)8-7(10)11-12-14(8)3/h6H,4-5H2,1-3H3. The first kappa shape index (κ1) is 15.1. The van der Waals surface area contributed by atoms with E-state index in [1.165, 1.54) is 8.99 Å². The van der Waals surface area contributed by atoms with Gasteiger partial charge in [0, 0.05) is 25.5 Å². The first-order valence-corrected chi connectivity index (χ1v) is 8.07. The average molecular weight is 390 g/mol. The lowest BCUT2D eigenvalue weighted by atomic mass is 10.3. The molecule has 0 amide bonds. The van der Waals surface area contributed by atoms with E-state index in [0.717, 1.165) is 6.42 Å². The molecule has 0 fully saturated rings. The molecule has 1 atom stereocenters. The van der Waals surface area contributed by atoms with Crippen LogP contribution in [0, 0.1) is 0 Å². The highest BCUT2D eigenvalue weighted by Gasteiger charge is 2.28. The van der Waals surface area contributed by atoms with Crippen LogP contribution in [0.3, 0.4) is 0 Å². The molecule has 0 aliphatic rings. The Balaban J connectivity index is 2.96. The number of sulfonamides is 1. The van der Waals surface area contributed by atoms with Crippen molar-refractivity contribution in [1.29, 1.82) is 0 Å². The largest absolute Gasteiger partial charge is 0.262 e. The fraction of sp³-hybridized carbons (Fsp3) is 0.750. The molecule has 0 saturated carbocycles. The summed E-state index contributed by atoms with van der Waals surface area (Å²) >= 11 is 6.48. The summed E-state index contributed by atoms with van der Waals surface area (Å²) in [6, 6.07) is 0. The smallest absolute Gasteiger partial charge is 0.235 e. The Morgan fingerprint density at radius 1 is 1.53 bits per heavy atom. The van der Waals surface area contributed by atoms with Crippen LogP contribution in [0.25, 0.3) is 0 Å². The Bertz CT molecular complexity index is 466. The third-order valence-electron chi connectivity index (χ3n) is 2.23. The Morgan fingerprint density at radius 2 is 2.12 bits per heavy atom. The first-order valence-electron chi connectivity index (χ1n) is 4.92. The molecule has 1 heterocycles. The summed E-state index contributed by atoms with van der Waals surface area (Å²) in [5, 5.41) is 7.41. The number of hydrogen-bond donors (Lipinski definition) is 0. The summed E-state index contributed by atoms with van der Waals surface area (Å²) in [4.78, 5) is 0.272. The minimum Gasteiger partial charge on any atom is -0.235 e. The van der Waals surface area contributed by atoms with Crippen LogP contribution < -0.4 is 0 Å². The monoisotopic (exact) mass is 388 g/mol. The van der Waals surface area contributed by atoms with Gasteiger partial charge in [0.05, 0.1) is 0 Å². The van der Waals surface area contributed by atoms with Crippen molar-refractivity contribution in [2.75, 3.05) is 13.6 Å². The van der Waals surface area contributed by atoms with Crippen molar-refractivity contribution in [3.8, 4) is 0 Å². The summed E-state index contributed by atoms with van der Waals surface area (Å²) in [5.41, 5.74) is 0. The molecule has 0 spiro atoms. The number of aryl methyl sites for hydroxylation is 1. The van der Waals surface area contributed by atoms with E-state index in [2.05, 4.69) is 42.2 Å². The van der Waals surface area contributed by atoms with Crippen LogP contribution in [0.2, 0.25) is 0 Å². The lowest BCUT2D eigenvalue weighted by Gasteiger charge is -2.17. The highest BCUT2D eigenvalue weighted by atomic mass is 79.9. The molecular formula is C8H14Br2N4O2S. The molecule has 0 N–H and O–H groups in total. The van der Waals surface area contributed by atoms with Crippen LogP contribution in [0.4, 0.5) is 0 Å². The molecule has 1 aromatic heterocycles. The van der Waals surface area contributed by atoms with Gasteiger partial charge < -0.3 is 0 Å². The fourth-order valence-corrected chi connectivity index (χ4v) is 3.64. The van der Waals surface area contributed by atoms with E-state index in [0.29, 0.717) is 6.54 Å². The zero-order chi connectivity index (χ0) is 13.2. The van der Waals surface area contributed by atoms with Gasteiger partial charge in [0.25, 0.3) is 10.0 Å². The van der Waals surface area contributed by atoms with Crippen molar-refractivity contribution < 1.29 is 8.42 Å². The van der Waals surface area contributed by atoms with Crippen LogP contribution in [0.15, 0.2) is 9.63 Å². The second kappa shape index (κ2) is 5.77. The van der Waals surface area contributed by atoms with E-state index < -0.39 is 10.0 Å². The topological polar surface area (TPSA) is 68.1 Å². The maximum Gasteiger partial charge on any atom is 0.262 e. The number of hydrogen-bond acceptors (Lipinski definition) is 4. The number of halogens is 2. The zero-order valence-corrected chi connectivity index (χ0v) is 13.7. The molecule has 0 aliphatic heterocycles. The Hall–Kier alpha value is 0.0100. The van der Waals surface area contributed by atoms with E-state index in [-0.39, 0.29) is 14.5 Å². The molecular weight excluding hydrogens is 376 g/mol. The minimum absolute atomic E-state index is 0.0715. The van der Waals surface area contributed by atoms with Crippen LogP contribution in [0.5, 0.6) is 0 Å². The van der Waals surface area contributed by atoms with E-state index >= 15 is 0 Å². The second-order valence-electron chi connectivity index (χ2n) is 3.71. The summed E-state index contributed by atoms with van der Waals surface area (Å²) in [7, 11) is -0.456. The molecule has 0 saturated heterocycles. The van der Waals surface area contributed by atoms with Gasteiger partial charge in [0.1, 0.15) is 0 Å². The predicted octanol–water partition coefficient (Wildman–Crippen LogP) is 1.37. The van der Waals surface area contributed by atoms with Crippen LogP contribution >= 0.6 is 31.9 Å². The molecule has 9 heteroatoms. The summed E-state index contributed by atoms with van der Waals surface area (Å²) in [5.74, 6) is 0. The highest BCUT2D eigenvalue weighted by molar-refractivity contribution is 9.10. The lowest BCUT2D eigenvalue weighted by Crippen LogP contribution is -2.30. The van der Waals surface area contributed by atoms with Crippen molar-refractivity contribution in [2.45, 2.75) is 23.2 Å². The Labute approximate surface area is 118 Å². The van der Waals surface area contributed by atoms with Gasteiger partial charge in [-0.1, -0.05) is 28.1 Å². The number of aromatic nitrogens is 3. The van der Waals surface area contributed by atoms with Gasteiger partial charge in [-0.25, -0.2) is 13.1 Å². The van der Waals surface area contributed by atoms with Crippen molar-refractivity contribution in [3.05, 3.63) is 4.60 Å². The number of nitrogens with zero attached hydrogens (tertiary/aromatic N) is 4. The van der Waals surface area contributed by atoms with E-state index in [1.54, 1.807) is 14.1 Å². The zero-order valence-electron chi connectivity index (χ0n) is 9.76. The predicted molar refractivity (Wildman–Crippen MR) is 71.5 cm³/mol. The van der Waals surface area contributed by atoms with Gasteiger partial charge in [-0.3, -0.25) is 0 Å². The average Bonchev–Trinajstić information content (AvgIpc) is 2.55. The highest BCUT2D eigenvalue weighted by Crippen LogP contribution is 2.21. The SMILES string of the molecule is CC(Br)CCN(C)S(=O)(=O)c1c(Br)nnn1C. The molecule has 0 bridgehead atoms. The van der Waals surface area contributed by atoms with E-state index in [1.807, 2.05) is 6.92 Å². The molecule has 0 aromatic carbocycles. The molecule has 98 valence electrons. The van der Waals surface area contributed by atoms with Gasteiger partial charge in [0.2, 0.25) is 5.03 Å². The molecule has 0 radical (unpaired) electrons. The quantitative estimate of drug-likeness (QED) is 0.713. The molecule has 1 rings (SSSR count). The van der Waals surface area contributed by atoms with Crippen molar-refractivity contribution in [2.24, 2.45) is 7.05 Å². The van der Waals surface area contributed by atoms with Gasteiger partial charge in [-0.15, -0.1) is 5.10 Å². The molecule has 17 heavy (non-hydrogen) atoms. The van der Waals surface area contributed by atoms with Gasteiger partial charge in [0.15, 0.2) is 4.60 Å². The first-order chi connectivity index (χ1) is 7.76. The third kappa shape index (κ3) is 3.49. The molecule has 1 unspecified atom stereocenters. The van der Waals surface area contributed by atoms with Gasteiger partial charge in [-0.2, -0.15) is 4.31 Å². The van der Waals surface area contributed by atoms with Crippen molar-refractivity contribution >= 4 is 41.9 Å². The Morgan fingerprint density at radius 3 is 2.53 bits per heavy atom. The van der Waals surface area contributed by atoms with Gasteiger partial charge >= 0.3 is 0 Å². The molecule has 6 nitrogen and oxygen atoms in total. The maximum atomic E-state index is 12.2. The van der Waals surface area contributed by atoms with E-state index in [4.69, 9.17) is 0 Å². The molecule has 0 aliphatic carbocycles. The number of rotatable bonds is 5. The number of alkyl halides is 1. The molecule has 1 aromatic rings. The summed E-state index contributed by atoms with van der Waals surface area (Å²) < 4.78 is 27.2. The van der Waals surface area contributed by atoms with Crippen LogP contribution in [-0.2, 0) is 17.1 Å². The second-order valence-corrected chi connectivity index (χ2v) is 7.98. The normalized spacial score (nSPS) is 14.2. The van der Waals surface area contributed by atoms with Crippen molar-refractivity contribution in [1.82, 2.24) is 19.3 Å². The lowest BCUT2D eigenvalue weighted by molar-refractivity contribution is 0.453. The third-order valence-corrected chi connectivity index (χ3v) is 5.44. The van der Waals surface area contributed by atoms with E-state index in [9.17, 15) is 8.42 Å². The van der Waals surface area contributed by atoms with Gasteiger partial charge in [-0.05, 0) is 22.4 Å².